The van der Waals surface area contributed by atoms with Gasteiger partial charge in [-0.05, 0) is 121 Å². The zero-order chi connectivity index (χ0) is 32.4. The van der Waals surface area contributed by atoms with Crippen molar-refractivity contribution in [1.29, 1.82) is 0 Å². The molecule has 2 fully saturated rings. The number of piperidine rings is 2. The van der Waals surface area contributed by atoms with Gasteiger partial charge in [-0.25, -0.2) is 0 Å². The van der Waals surface area contributed by atoms with Gasteiger partial charge in [-0.1, -0.05) is 33.6 Å². The maximum atomic E-state index is 5.41. The van der Waals surface area contributed by atoms with Gasteiger partial charge in [0.05, 0.1) is 0 Å². The van der Waals surface area contributed by atoms with Gasteiger partial charge in [0, 0.05) is 53.4 Å². The SMILES string of the molecule is CCCCN(c1nc(NC(C)CC)nc(N(CCCC)C2CC(C)(C)N(C)C(C)(C)C2)n1)C1CC(C)(C)N(C)C(C)(C)C1. The highest BCUT2D eigenvalue weighted by Gasteiger charge is 2.47. The van der Waals surface area contributed by atoms with E-state index in [1.807, 2.05) is 0 Å². The number of hydrogen-bond acceptors (Lipinski definition) is 8. The molecule has 3 rings (SSSR count). The summed E-state index contributed by atoms with van der Waals surface area (Å²) in [5.41, 5.74) is 0.345. The molecule has 0 amide bonds. The van der Waals surface area contributed by atoms with Crippen molar-refractivity contribution >= 4 is 17.8 Å². The van der Waals surface area contributed by atoms with Gasteiger partial charge in [0.2, 0.25) is 17.8 Å². The first-order chi connectivity index (χ1) is 19.9. The van der Waals surface area contributed by atoms with Crippen LogP contribution in [0.3, 0.4) is 0 Å². The summed E-state index contributed by atoms with van der Waals surface area (Å²) in [4.78, 5) is 26.0. The minimum absolute atomic E-state index is 0.0863. The zero-order valence-electron chi connectivity index (χ0n) is 30.6. The predicted octanol–water partition coefficient (Wildman–Crippen LogP) is 7.60. The van der Waals surface area contributed by atoms with Crippen LogP contribution in [0.2, 0.25) is 0 Å². The number of nitrogens with one attached hydrogen (secondary N) is 1. The Morgan fingerprint density at radius 3 is 1.33 bits per heavy atom. The van der Waals surface area contributed by atoms with Crippen LogP contribution in [0.4, 0.5) is 17.8 Å². The van der Waals surface area contributed by atoms with Crippen LogP contribution in [0.5, 0.6) is 0 Å². The lowest BCUT2D eigenvalue weighted by Crippen LogP contribution is -2.63. The fourth-order valence-electron chi connectivity index (χ4n) is 7.62. The van der Waals surface area contributed by atoms with E-state index in [2.05, 4.69) is 122 Å². The lowest BCUT2D eigenvalue weighted by atomic mass is 9.77. The zero-order valence-corrected chi connectivity index (χ0v) is 30.6. The second kappa shape index (κ2) is 13.8. The summed E-state index contributed by atoms with van der Waals surface area (Å²) in [7, 11) is 4.58. The second-order valence-corrected chi connectivity index (χ2v) is 16.3. The van der Waals surface area contributed by atoms with Crippen molar-refractivity contribution in [2.45, 2.75) is 181 Å². The van der Waals surface area contributed by atoms with Crippen LogP contribution >= 0.6 is 0 Å². The van der Waals surface area contributed by atoms with Crippen molar-refractivity contribution in [3.05, 3.63) is 0 Å². The molecule has 0 spiro atoms. The third kappa shape index (κ3) is 8.33. The van der Waals surface area contributed by atoms with E-state index >= 15 is 0 Å². The molecule has 8 heteroatoms. The molecule has 3 heterocycles. The van der Waals surface area contributed by atoms with Crippen molar-refractivity contribution in [2.75, 3.05) is 42.3 Å². The van der Waals surface area contributed by atoms with Crippen LogP contribution in [0, 0.1) is 0 Å². The molecule has 2 aliphatic rings. The molecule has 0 aliphatic carbocycles. The summed E-state index contributed by atoms with van der Waals surface area (Å²) in [5, 5.41) is 3.65. The summed E-state index contributed by atoms with van der Waals surface area (Å²) < 4.78 is 0. The number of unbranched alkanes of at least 4 members (excludes halogenated alkanes) is 2. The minimum Gasteiger partial charge on any atom is -0.352 e. The molecule has 8 nitrogen and oxygen atoms in total. The van der Waals surface area contributed by atoms with Gasteiger partial charge in [-0.2, -0.15) is 15.0 Å². The Morgan fingerprint density at radius 2 is 1.02 bits per heavy atom. The van der Waals surface area contributed by atoms with E-state index in [0.717, 1.165) is 88.7 Å². The standard InChI is InChI=1S/C35H68N8/c1-15-18-20-42(27-22-32(5,6)40(13)33(7,8)23-27)30-37-29(36-26(4)17-3)38-31(39-30)43(21-19-16-2)28-24-34(9,10)41(14)35(11,12)25-28/h26-28H,15-25H2,1-14H3,(H,36,37,38,39). The molecule has 0 bridgehead atoms. The third-order valence-electron chi connectivity index (χ3n) is 11.1. The van der Waals surface area contributed by atoms with E-state index in [9.17, 15) is 0 Å². The van der Waals surface area contributed by atoms with E-state index < -0.39 is 0 Å². The van der Waals surface area contributed by atoms with E-state index in [1.54, 1.807) is 0 Å². The molecule has 1 atom stereocenters. The van der Waals surface area contributed by atoms with E-state index in [1.165, 1.54) is 0 Å². The molecule has 1 N–H and O–H groups in total. The second-order valence-electron chi connectivity index (χ2n) is 16.3. The highest BCUT2D eigenvalue weighted by molar-refractivity contribution is 5.47. The molecule has 1 unspecified atom stereocenters. The van der Waals surface area contributed by atoms with Crippen LogP contribution in [0.1, 0.15) is 141 Å². The largest absolute Gasteiger partial charge is 0.352 e. The molecule has 1 aromatic heterocycles. The quantitative estimate of drug-likeness (QED) is 0.248. The molecule has 248 valence electrons. The van der Waals surface area contributed by atoms with Gasteiger partial charge in [-0.3, -0.25) is 9.80 Å². The topological polar surface area (TPSA) is 63.7 Å². The molecule has 2 aliphatic heterocycles. The van der Waals surface area contributed by atoms with Gasteiger partial charge in [0.15, 0.2) is 0 Å². The minimum atomic E-state index is 0.0863. The van der Waals surface area contributed by atoms with Gasteiger partial charge >= 0.3 is 0 Å². The summed E-state index contributed by atoms with van der Waals surface area (Å²) in [6, 6.07) is 1.02. The number of aromatic nitrogens is 3. The van der Waals surface area contributed by atoms with Gasteiger partial charge < -0.3 is 15.1 Å². The molecular formula is C35H68N8. The Hall–Kier alpha value is -1.67. The van der Waals surface area contributed by atoms with Crippen LogP contribution < -0.4 is 15.1 Å². The predicted molar refractivity (Wildman–Crippen MR) is 186 cm³/mol. The summed E-state index contributed by atoms with van der Waals surface area (Å²) in [6.07, 6.45) is 9.90. The summed E-state index contributed by atoms with van der Waals surface area (Å²) in [5.74, 6) is 2.41. The fourth-order valence-corrected chi connectivity index (χ4v) is 7.62. The molecule has 43 heavy (non-hydrogen) atoms. The van der Waals surface area contributed by atoms with Crippen LogP contribution in [-0.4, -0.2) is 92.2 Å². The van der Waals surface area contributed by atoms with E-state index in [-0.39, 0.29) is 22.2 Å². The van der Waals surface area contributed by atoms with Gasteiger partial charge in [0.1, 0.15) is 0 Å². The van der Waals surface area contributed by atoms with Crippen molar-refractivity contribution in [2.24, 2.45) is 0 Å². The number of likely N-dealkylation sites (tertiary alicyclic amines) is 2. The van der Waals surface area contributed by atoms with Crippen molar-refractivity contribution in [1.82, 2.24) is 24.8 Å². The Balaban J connectivity index is 2.15. The molecule has 1 aromatic rings. The van der Waals surface area contributed by atoms with Gasteiger partial charge in [-0.15, -0.1) is 0 Å². The van der Waals surface area contributed by atoms with E-state index in [4.69, 9.17) is 15.0 Å². The average Bonchev–Trinajstić information content (AvgIpc) is 2.90. The van der Waals surface area contributed by atoms with Crippen LogP contribution in [-0.2, 0) is 0 Å². The maximum absolute atomic E-state index is 5.41. The highest BCUT2D eigenvalue weighted by Crippen LogP contribution is 2.42. The first-order valence-corrected chi connectivity index (χ1v) is 17.4. The normalized spacial score (nSPS) is 23.2. The molecule has 0 aromatic carbocycles. The first kappa shape index (κ1) is 35.8. The molecule has 2 saturated heterocycles. The number of rotatable bonds is 13. The third-order valence-corrected chi connectivity index (χ3v) is 11.1. The van der Waals surface area contributed by atoms with Crippen molar-refractivity contribution in [3.63, 3.8) is 0 Å². The molecule has 0 saturated carbocycles. The molecule has 0 radical (unpaired) electrons. The lowest BCUT2D eigenvalue weighted by Gasteiger charge is -2.56. The fraction of sp³-hybridized carbons (Fsp3) is 0.914. The van der Waals surface area contributed by atoms with Crippen LogP contribution in [0.15, 0.2) is 0 Å². The Kier molecular flexibility index (Phi) is 11.5. The average molecular weight is 601 g/mol. The number of anilines is 3. The Labute approximate surface area is 265 Å². The Bertz CT molecular complexity index is 926. The molecular weight excluding hydrogens is 532 g/mol. The van der Waals surface area contributed by atoms with E-state index in [0.29, 0.717) is 18.1 Å². The monoisotopic (exact) mass is 601 g/mol. The van der Waals surface area contributed by atoms with Crippen molar-refractivity contribution < 1.29 is 0 Å². The number of nitrogens with zero attached hydrogens (tertiary/aromatic N) is 7. The lowest BCUT2D eigenvalue weighted by molar-refractivity contribution is -0.0130. The van der Waals surface area contributed by atoms with Gasteiger partial charge in [0.25, 0.3) is 0 Å². The smallest absolute Gasteiger partial charge is 0.232 e. The number of hydrogen-bond donors (Lipinski definition) is 1. The van der Waals surface area contributed by atoms with Crippen LogP contribution in [0.25, 0.3) is 0 Å². The summed E-state index contributed by atoms with van der Waals surface area (Å²) in [6.45, 7) is 30.1. The Morgan fingerprint density at radius 1 is 0.674 bits per heavy atom. The van der Waals surface area contributed by atoms with Crippen molar-refractivity contribution in [3.8, 4) is 0 Å². The first-order valence-electron chi connectivity index (χ1n) is 17.4. The summed E-state index contributed by atoms with van der Waals surface area (Å²) >= 11 is 0. The highest BCUT2D eigenvalue weighted by atomic mass is 15.4. The maximum Gasteiger partial charge on any atom is 0.232 e.